The van der Waals surface area contributed by atoms with Gasteiger partial charge in [0, 0.05) is 17.8 Å². The molecule has 0 bridgehead atoms. The number of rotatable bonds is 7. The van der Waals surface area contributed by atoms with E-state index in [1.807, 2.05) is 6.92 Å². The second-order valence-electron chi connectivity index (χ2n) is 6.83. The fourth-order valence-electron chi connectivity index (χ4n) is 3.11. The van der Waals surface area contributed by atoms with Crippen LogP contribution in [0.15, 0.2) is 72.8 Å². The van der Waals surface area contributed by atoms with Gasteiger partial charge in [0.15, 0.2) is 0 Å². The summed E-state index contributed by atoms with van der Waals surface area (Å²) in [7, 11) is 0. The summed E-state index contributed by atoms with van der Waals surface area (Å²) < 4.78 is 27.3. The predicted molar refractivity (Wildman–Crippen MR) is 112 cm³/mol. The predicted octanol–water partition coefficient (Wildman–Crippen LogP) is 4.49. The Morgan fingerprint density at radius 3 is 2.17 bits per heavy atom. The van der Waals surface area contributed by atoms with Crippen molar-refractivity contribution in [1.82, 2.24) is 5.32 Å². The van der Waals surface area contributed by atoms with Gasteiger partial charge in [-0.05, 0) is 60.5 Å². The van der Waals surface area contributed by atoms with E-state index in [9.17, 15) is 18.4 Å². The molecule has 0 aliphatic rings. The van der Waals surface area contributed by atoms with Crippen LogP contribution in [0.3, 0.4) is 0 Å². The molecule has 6 heteroatoms. The Morgan fingerprint density at radius 2 is 1.53 bits per heavy atom. The lowest BCUT2D eigenvalue weighted by molar-refractivity contribution is -0.120. The lowest BCUT2D eigenvalue weighted by Crippen LogP contribution is -2.30. The molecule has 0 saturated heterocycles. The molecule has 3 aromatic carbocycles. The lowest BCUT2D eigenvalue weighted by Gasteiger charge is -2.23. The lowest BCUT2D eigenvalue weighted by atomic mass is 10.1. The molecule has 4 nitrogen and oxygen atoms in total. The first-order valence-corrected chi connectivity index (χ1v) is 9.64. The zero-order valence-electron chi connectivity index (χ0n) is 16.6. The van der Waals surface area contributed by atoms with E-state index in [4.69, 9.17) is 0 Å². The van der Waals surface area contributed by atoms with E-state index < -0.39 is 17.5 Å². The highest BCUT2D eigenvalue weighted by Gasteiger charge is 2.19. The molecule has 0 saturated carbocycles. The summed E-state index contributed by atoms with van der Waals surface area (Å²) in [4.78, 5) is 26.4. The number of hydrogen-bond acceptors (Lipinski definition) is 2. The highest BCUT2D eigenvalue weighted by Crippen LogP contribution is 2.22. The van der Waals surface area contributed by atoms with E-state index in [1.54, 1.807) is 36.4 Å². The van der Waals surface area contributed by atoms with Crippen molar-refractivity contribution in [1.29, 1.82) is 0 Å². The Morgan fingerprint density at radius 1 is 0.867 bits per heavy atom. The molecule has 154 valence electrons. The number of carbonyl (C=O) groups is 2. The quantitative estimate of drug-likeness (QED) is 0.626. The number of halogens is 2. The summed E-state index contributed by atoms with van der Waals surface area (Å²) in [6.07, 6.45) is 0.232. The highest BCUT2D eigenvalue weighted by molar-refractivity contribution is 6.06. The van der Waals surface area contributed by atoms with Crippen LogP contribution in [-0.4, -0.2) is 18.4 Å². The maximum absolute atomic E-state index is 13.7. The Labute approximate surface area is 174 Å². The van der Waals surface area contributed by atoms with Gasteiger partial charge in [-0.25, -0.2) is 8.78 Å². The van der Waals surface area contributed by atoms with Gasteiger partial charge in [0.25, 0.3) is 5.91 Å². The molecule has 0 unspecified atom stereocenters. The fraction of sp³-hybridized carbons (Fsp3) is 0.167. The minimum atomic E-state index is -0.510. The second kappa shape index (κ2) is 9.78. The molecule has 0 heterocycles. The minimum Gasteiger partial charge on any atom is -0.356 e. The molecule has 3 aromatic rings. The number of anilines is 1. The van der Waals surface area contributed by atoms with Gasteiger partial charge < -0.3 is 10.2 Å². The molecule has 0 aromatic heterocycles. The highest BCUT2D eigenvalue weighted by atomic mass is 19.1. The van der Waals surface area contributed by atoms with Gasteiger partial charge in [0.05, 0.1) is 13.0 Å². The molecular weight excluding hydrogens is 386 g/mol. The standard InChI is InChI=1S/C24H22F2N2O2/c1-2-27-23(29)14-17-9-11-22(12-10-17)28(16-18-5-3-7-20(25)13-18)24(30)19-6-4-8-21(26)15-19/h3-13,15H,2,14,16H2,1H3,(H,27,29). The monoisotopic (exact) mass is 408 g/mol. The van der Waals surface area contributed by atoms with Gasteiger partial charge in [-0.2, -0.15) is 0 Å². The summed E-state index contributed by atoms with van der Waals surface area (Å²) in [5, 5.41) is 2.74. The van der Waals surface area contributed by atoms with Gasteiger partial charge in [-0.1, -0.05) is 30.3 Å². The van der Waals surface area contributed by atoms with Crippen molar-refractivity contribution in [3.8, 4) is 0 Å². The van der Waals surface area contributed by atoms with Crippen LogP contribution in [0, 0.1) is 11.6 Å². The van der Waals surface area contributed by atoms with Crippen LogP contribution in [0.25, 0.3) is 0 Å². The fourth-order valence-corrected chi connectivity index (χ4v) is 3.11. The minimum absolute atomic E-state index is 0.0855. The van der Waals surface area contributed by atoms with E-state index in [0.717, 1.165) is 5.56 Å². The maximum atomic E-state index is 13.7. The molecule has 30 heavy (non-hydrogen) atoms. The van der Waals surface area contributed by atoms with Crippen molar-refractivity contribution >= 4 is 17.5 Å². The van der Waals surface area contributed by atoms with Crippen LogP contribution >= 0.6 is 0 Å². The first-order chi connectivity index (χ1) is 14.5. The van der Waals surface area contributed by atoms with E-state index in [-0.39, 0.29) is 24.4 Å². The third-order valence-corrected chi connectivity index (χ3v) is 4.53. The van der Waals surface area contributed by atoms with Gasteiger partial charge >= 0.3 is 0 Å². The van der Waals surface area contributed by atoms with Crippen LogP contribution in [0.2, 0.25) is 0 Å². The van der Waals surface area contributed by atoms with E-state index in [1.165, 1.54) is 41.3 Å². The first kappa shape index (κ1) is 21.2. The zero-order valence-corrected chi connectivity index (χ0v) is 16.6. The molecule has 1 N–H and O–H groups in total. The maximum Gasteiger partial charge on any atom is 0.258 e. The molecule has 3 rings (SSSR count). The molecule has 0 fully saturated rings. The number of likely N-dealkylation sites (N-methyl/N-ethyl adjacent to an activating group) is 1. The van der Waals surface area contributed by atoms with Gasteiger partial charge in [0.1, 0.15) is 11.6 Å². The molecule has 0 aliphatic heterocycles. The zero-order chi connectivity index (χ0) is 21.5. The largest absolute Gasteiger partial charge is 0.356 e. The van der Waals surface area contributed by atoms with Crippen LogP contribution in [0.5, 0.6) is 0 Å². The Kier molecular flexibility index (Phi) is 6.91. The third-order valence-electron chi connectivity index (χ3n) is 4.53. The van der Waals surface area contributed by atoms with Gasteiger partial charge in [0.2, 0.25) is 5.91 Å². The van der Waals surface area contributed by atoms with Crippen molar-refractivity contribution < 1.29 is 18.4 Å². The molecule has 0 spiro atoms. The molecular formula is C24H22F2N2O2. The van der Waals surface area contributed by atoms with Crippen LogP contribution < -0.4 is 10.2 Å². The van der Waals surface area contributed by atoms with Crippen molar-refractivity contribution in [2.45, 2.75) is 19.9 Å². The summed E-state index contributed by atoms with van der Waals surface area (Å²) in [6.45, 7) is 2.52. The van der Waals surface area contributed by atoms with Crippen LogP contribution in [0.1, 0.15) is 28.4 Å². The summed E-state index contributed by atoms with van der Waals surface area (Å²) in [6, 6.07) is 18.4. The van der Waals surface area contributed by atoms with Gasteiger partial charge in [-0.3, -0.25) is 9.59 Å². The number of carbonyl (C=O) groups excluding carboxylic acids is 2. The molecule has 0 radical (unpaired) electrons. The van der Waals surface area contributed by atoms with E-state index in [2.05, 4.69) is 5.32 Å². The average molecular weight is 408 g/mol. The average Bonchev–Trinajstić information content (AvgIpc) is 2.72. The van der Waals surface area contributed by atoms with Gasteiger partial charge in [-0.15, -0.1) is 0 Å². The Hall–Kier alpha value is -3.54. The normalized spacial score (nSPS) is 10.5. The van der Waals surface area contributed by atoms with Crippen molar-refractivity contribution in [3.63, 3.8) is 0 Å². The van der Waals surface area contributed by atoms with Crippen molar-refractivity contribution in [3.05, 3.63) is 101 Å². The van der Waals surface area contributed by atoms with Crippen molar-refractivity contribution in [2.75, 3.05) is 11.4 Å². The second-order valence-corrected chi connectivity index (χ2v) is 6.83. The third kappa shape index (κ3) is 5.50. The molecule has 0 aliphatic carbocycles. The molecule has 0 atom stereocenters. The topological polar surface area (TPSA) is 49.4 Å². The summed E-state index contributed by atoms with van der Waals surface area (Å²) in [5.41, 5.74) is 2.16. The SMILES string of the molecule is CCNC(=O)Cc1ccc(N(Cc2cccc(F)c2)C(=O)c2cccc(F)c2)cc1. The summed E-state index contributed by atoms with van der Waals surface area (Å²) in [5.74, 6) is -1.40. The number of amides is 2. The number of hydrogen-bond donors (Lipinski definition) is 1. The van der Waals surface area contributed by atoms with Crippen LogP contribution in [-0.2, 0) is 17.8 Å². The molecule has 2 amide bonds. The number of benzene rings is 3. The van der Waals surface area contributed by atoms with Crippen LogP contribution in [0.4, 0.5) is 14.5 Å². The number of nitrogens with one attached hydrogen (secondary N) is 1. The Bertz CT molecular complexity index is 1040. The smallest absolute Gasteiger partial charge is 0.258 e. The summed E-state index contributed by atoms with van der Waals surface area (Å²) >= 11 is 0. The van der Waals surface area contributed by atoms with Crippen molar-refractivity contribution in [2.24, 2.45) is 0 Å². The van der Waals surface area contributed by atoms with E-state index in [0.29, 0.717) is 17.8 Å². The van der Waals surface area contributed by atoms with E-state index >= 15 is 0 Å². The Balaban J connectivity index is 1.90. The number of nitrogens with zero attached hydrogens (tertiary/aromatic N) is 1. The first-order valence-electron chi connectivity index (χ1n) is 9.64.